The third kappa shape index (κ3) is 3.75. The summed E-state index contributed by atoms with van der Waals surface area (Å²) in [7, 11) is 0. The van der Waals surface area contributed by atoms with E-state index in [1.165, 1.54) is 5.69 Å². The van der Waals surface area contributed by atoms with Crippen molar-refractivity contribution in [3.05, 3.63) is 24.0 Å². The fourth-order valence-corrected chi connectivity index (χ4v) is 1.48. The number of aryl methyl sites for hydroxylation is 1. The molecule has 1 aromatic rings. The van der Waals surface area contributed by atoms with Gasteiger partial charge >= 0.3 is 0 Å². The first-order valence-electron chi connectivity index (χ1n) is 5.39. The van der Waals surface area contributed by atoms with Crippen LogP contribution in [0, 0.1) is 0 Å². The molecule has 0 fully saturated rings. The van der Waals surface area contributed by atoms with Crippen LogP contribution in [0.25, 0.3) is 0 Å². The van der Waals surface area contributed by atoms with Crippen molar-refractivity contribution in [3.63, 3.8) is 0 Å². The van der Waals surface area contributed by atoms with Gasteiger partial charge in [-0.2, -0.15) is 0 Å². The van der Waals surface area contributed by atoms with Gasteiger partial charge in [0, 0.05) is 31.5 Å². The Morgan fingerprint density at radius 3 is 2.93 bits per heavy atom. The molecule has 0 aliphatic rings. The zero-order valence-corrected chi connectivity index (χ0v) is 9.42. The number of nitrogens with zero attached hydrogens (tertiary/aromatic N) is 1. The molecule has 0 unspecified atom stereocenters. The summed E-state index contributed by atoms with van der Waals surface area (Å²) < 4.78 is 2.16. The van der Waals surface area contributed by atoms with Gasteiger partial charge in [-0.3, -0.25) is 4.79 Å². The molecule has 0 aliphatic heterocycles. The van der Waals surface area contributed by atoms with Crippen LogP contribution in [0.4, 0.5) is 0 Å². The van der Waals surface area contributed by atoms with Crippen LogP contribution < -0.4 is 10.6 Å². The Balaban J connectivity index is 2.28. The van der Waals surface area contributed by atoms with Gasteiger partial charge < -0.3 is 15.2 Å². The molecule has 1 aromatic heterocycles. The summed E-state index contributed by atoms with van der Waals surface area (Å²) in [5.74, 6) is 0.0482. The van der Waals surface area contributed by atoms with Crippen molar-refractivity contribution < 1.29 is 4.79 Å². The molecule has 0 spiro atoms. The van der Waals surface area contributed by atoms with E-state index in [0.717, 1.165) is 13.1 Å². The van der Waals surface area contributed by atoms with E-state index in [4.69, 9.17) is 0 Å². The predicted octanol–water partition coefficient (Wildman–Crippen LogP) is 0.734. The number of likely N-dealkylation sites (N-methyl/N-ethyl adjacent to an activating group) is 1. The Morgan fingerprint density at radius 1 is 1.47 bits per heavy atom. The zero-order chi connectivity index (χ0) is 11.1. The predicted molar refractivity (Wildman–Crippen MR) is 60.5 cm³/mol. The van der Waals surface area contributed by atoms with E-state index in [1.807, 2.05) is 19.2 Å². The van der Waals surface area contributed by atoms with Crippen molar-refractivity contribution in [2.75, 3.05) is 13.1 Å². The summed E-state index contributed by atoms with van der Waals surface area (Å²) in [6.45, 7) is 6.78. The quantitative estimate of drug-likeness (QED) is 0.725. The first kappa shape index (κ1) is 11.8. The van der Waals surface area contributed by atoms with Gasteiger partial charge in [-0.05, 0) is 26.0 Å². The van der Waals surface area contributed by atoms with Crippen LogP contribution in [0.5, 0.6) is 0 Å². The van der Waals surface area contributed by atoms with E-state index in [0.29, 0.717) is 13.1 Å². The van der Waals surface area contributed by atoms with Crippen LogP contribution in [-0.4, -0.2) is 23.6 Å². The van der Waals surface area contributed by atoms with Crippen molar-refractivity contribution in [3.8, 4) is 0 Å². The smallest absolute Gasteiger partial charge is 0.233 e. The molecule has 0 saturated carbocycles. The molecule has 4 nitrogen and oxygen atoms in total. The van der Waals surface area contributed by atoms with Gasteiger partial charge in [0.05, 0.1) is 6.54 Å². The Morgan fingerprint density at radius 2 is 2.27 bits per heavy atom. The summed E-state index contributed by atoms with van der Waals surface area (Å²) in [4.78, 5) is 11.1. The minimum Gasteiger partial charge on any atom is -0.355 e. The van der Waals surface area contributed by atoms with Gasteiger partial charge in [-0.25, -0.2) is 0 Å². The fraction of sp³-hybridized carbons (Fsp3) is 0.545. The molecular formula is C11H19N3O. The second kappa shape index (κ2) is 6.24. The first-order valence-corrected chi connectivity index (χ1v) is 5.39. The second-order valence-electron chi connectivity index (χ2n) is 3.34. The largest absolute Gasteiger partial charge is 0.355 e. The first-order chi connectivity index (χ1) is 7.27. The molecule has 0 saturated heterocycles. The molecule has 0 atom stereocenters. The normalized spacial score (nSPS) is 10.3. The Hall–Kier alpha value is -1.29. The molecule has 2 N–H and O–H groups in total. The average molecular weight is 209 g/mol. The maximum absolute atomic E-state index is 11.1. The van der Waals surface area contributed by atoms with Crippen LogP contribution >= 0.6 is 0 Å². The number of aromatic nitrogens is 1. The molecule has 15 heavy (non-hydrogen) atoms. The molecule has 0 radical (unpaired) electrons. The van der Waals surface area contributed by atoms with Crippen molar-refractivity contribution in [2.45, 2.75) is 26.9 Å². The number of carbonyl (C=O) groups is 1. The Bertz CT molecular complexity index is 307. The van der Waals surface area contributed by atoms with Crippen molar-refractivity contribution in [1.82, 2.24) is 15.2 Å². The highest BCUT2D eigenvalue weighted by Gasteiger charge is 2.01. The summed E-state index contributed by atoms with van der Waals surface area (Å²) in [6, 6.07) is 4.08. The van der Waals surface area contributed by atoms with Crippen molar-refractivity contribution in [1.29, 1.82) is 0 Å². The molecule has 0 aliphatic carbocycles. The lowest BCUT2D eigenvalue weighted by Crippen LogP contribution is -2.33. The summed E-state index contributed by atoms with van der Waals surface area (Å²) >= 11 is 0. The minimum atomic E-state index is 0.0482. The van der Waals surface area contributed by atoms with E-state index in [1.54, 1.807) is 0 Å². The van der Waals surface area contributed by atoms with Gasteiger partial charge in [-0.15, -0.1) is 0 Å². The van der Waals surface area contributed by atoms with E-state index in [2.05, 4.69) is 28.2 Å². The Labute approximate surface area is 90.7 Å². The lowest BCUT2D eigenvalue weighted by molar-refractivity contribution is -0.120. The number of hydrogen-bond donors (Lipinski definition) is 2. The van der Waals surface area contributed by atoms with Gasteiger partial charge in [0.15, 0.2) is 0 Å². The lowest BCUT2D eigenvalue weighted by atomic mass is 10.4. The van der Waals surface area contributed by atoms with E-state index in [-0.39, 0.29) is 5.91 Å². The zero-order valence-electron chi connectivity index (χ0n) is 9.42. The standard InChI is InChI=1S/C11H19N3O/c1-3-13-11(15)9-12-8-10-6-5-7-14(10)4-2/h5-7,12H,3-4,8-9H2,1-2H3,(H,13,15). The fourth-order valence-electron chi connectivity index (χ4n) is 1.48. The lowest BCUT2D eigenvalue weighted by Gasteiger charge is -2.07. The summed E-state index contributed by atoms with van der Waals surface area (Å²) in [6.07, 6.45) is 2.04. The SMILES string of the molecule is CCNC(=O)CNCc1cccn1CC. The third-order valence-electron chi connectivity index (χ3n) is 2.23. The van der Waals surface area contributed by atoms with Crippen molar-refractivity contribution in [2.24, 2.45) is 0 Å². The summed E-state index contributed by atoms with van der Waals surface area (Å²) in [5, 5.41) is 5.86. The monoisotopic (exact) mass is 209 g/mol. The van der Waals surface area contributed by atoms with Crippen LogP contribution in [-0.2, 0) is 17.9 Å². The number of hydrogen-bond acceptors (Lipinski definition) is 2. The molecule has 0 aromatic carbocycles. The average Bonchev–Trinajstić information content (AvgIpc) is 2.66. The van der Waals surface area contributed by atoms with Gasteiger partial charge in [-0.1, -0.05) is 0 Å². The van der Waals surface area contributed by atoms with Crippen molar-refractivity contribution >= 4 is 5.91 Å². The highest BCUT2D eigenvalue weighted by molar-refractivity contribution is 5.77. The molecule has 1 amide bonds. The highest BCUT2D eigenvalue weighted by Crippen LogP contribution is 2.00. The van der Waals surface area contributed by atoms with Crippen LogP contribution in [0.15, 0.2) is 18.3 Å². The molecular weight excluding hydrogens is 190 g/mol. The van der Waals surface area contributed by atoms with Crippen LogP contribution in [0.2, 0.25) is 0 Å². The molecule has 1 heterocycles. The third-order valence-corrected chi connectivity index (χ3v) is 2.23. The number of rotatable bonds is 6. The van der Waals surface area contributed by atoms with E-state index >= 15 is 0 Å². The minimum absolute atomic E-state index is 0.0482. The number of amides is 1. The van der Waals surface area contributed by atoms with Gasteiger partial charge in [0.25, 0.3) is 0 Å². The molecule has 1 rings (SSSR count). The Kier molecular flexibility index (Phi) is 4.90. The topological polar surface area (TPSA) is 46.1 Å². The molecule has 84 valence electrons. The summed E-state index contributed by atoms with van der Waals surface area (Å²) in [5.41, 5.74) is 1.21. The van der Waals surface area contributed by atoms with Crippen LogP contribution in [0.1, 0.15) is 19.5 Å². The molecule has 4 heteroatoms. The van der Waals surface area contributed by atoms with Gasteiger partial charge in [0.2, 0.25) is 5.91 Å². The number of nitrogens with one attached hydrogen (secondary N) is 2. The molecule has 0 bridgehead atoms. The van der Waals surface area contributed by atoms with E-state index in [9.17, 15) is 4.79 Å². The van der Waals surface area contributed by atoms with Crippen LogP contribution in [0.3, 0.4) is 0 Å². The maximum atomic E-state index is 11.1. The van der Waals surface area contributed by atoms with Gasteiger partial charge in [0.1, 0.15) is 0 Å². The highest BCUT2D eigenvalue weighted by atomic mass is 16.1. The second-order valence-corrected chi connectivity index (χ2v) is 3.34. The maximum Gasteiger partial charge on any atom is 0.233 e. The van der Waals surface area contributed by atoms with E-state index < -0.39 is 0 Å². The number of carbonyl (C=O) groups excluding carboxylic acids is 1.